The lowest BCUT2D eigenvalue weighted by molar-refractivity contribution is -0.132. The average molecular weight is 389 g/mol. The van der Waals surface area contributed by atoms with Gasteiger partial charge in [-0.3, -0.25) is 14.4 Å². The number of carbonyl (C=O) groups excluding carboxylic acids is 3. The Balaban J connectivity index is 4.65. The zero-order valence-electron chi connectivity index (χ0n) is 16.2. The van der Waals surface area contributed by atoms with Crippen LogP contribution in [0, 0.1) is 0 Å². The van der Waals surface area contributed by atoms with E-state index in [4.69, 9.17) is 5.73 Å². The molecule has 0 aliphatic carbocycles. The Morgan fingerprint density at radius 1 is 1.04 bits per heavy atom. The van der Waals surface area contributed by atoms with Gasteiger partial charge < -0.3 is 21.7 Å². The van der Waals surface area contributed by atoms with Gasteiger partial charge in [0.1, 0.15) is 6.04 Å². The van der Waals surface area contributed by atoms with Gasteiger partial charge in [-0.15, -0.1) is 0 Å². The second kappa shape index (κ2) is 15.9. The topological polar surface area (TPSA) is 113 Å². The fourth-order valence-electron chi connectivity index (χ4n) is 2.57. The Labute approximate surface area is 163 Å². The molecule has 5 N–H and O–H groups in total. The standard InChI is InChI=1S/C18H36N4O3S/c1-3-8-14(4-2)21-17(24)13-15(18(25)20-11-10-19)22-16(23)9-6-5-7-12-26/h14-15,26H,3-13,19H2,1-2H3,(H,20,25)(H,21,24)(H,22,23)/t14?,15-/m0/s1. The molecule has 0 aromatic heterocycles. The average Bonchev–Trinajstić information content (AvgIpc) is 2.62. The van der Waals surface area contributed by atoms with E-state index in [-0.39, 0.29) is 30.2 Å². The van der Waals surface area contributed by atoms with Gasteiger partial charge >= 0.3 is 0 Å². The summed E-state index contributed by atoms with van der Waals surface area (Å²) in [6.45, 7) is 4.68. The van der Waals surface area contributed by atoms with Crippen molar-refractivity contribution in [3.05, 3.63) is 0 Å². The van der Waals surface area contributed by atoms with Crippen molar-refractivity contribution in [2.75, 3.05) is 18.8 Å². The monoisotopic (exact) mass is 388 g/mol. The van der Waals surface area contributed by atoms with Crippen LogP contribution in [0.3, 0.4) is 0 Å². The minimum absolute atomic E-state index is 0.0704. The van der Waals surface area contributed by atoms with Crippen LogP contribution in [0.5, 0.6) is 0 Å². The highest BCUT2D eigenvalue weighted by molar-refractivity contribution is 7.80. The minimum atomic E-state index is -0.877. The second-order valence-electron chi connectivity index (χ2n) is 6.40. The van der Waals surface area contributed by atoms with Crippen molar-refractivity contribution < 1.29 is 14.4 Å². The van der Waals surface area contributed by atoms with Gasteiger partial charge in [-0.1, -0.05) is 26.7 Å². The lowest BCUT2D eigenvalue weighted by atomic mass is 10.1. The van der Waals surface area contributed by atoms with Crippen LogP contribution in [-0.4, -0.2) is 48.6 Å². The van der Waals surface area contributed by atoms with Crippen LogP contribution in [0.2, 0.25) is 0 Å². The first-order valence-corrected chi connectivity index (χ1v) is 10.3. The van der Waals surface area contributed by atoms with E-state index in [0.717, 1.165) is 44.3 Å². The number of hydrogen-bond donors (Lipinski definition) is 5. The zero-order chi connectivity index (χ0) is 19.8. The Morgan fingerprint density at radius 2 is 1.77 bits per heavy atom. The Morgan fingerprint density at radius 3 is 2.35 bits per heavy atom. The number of nitrogens with two attached hydrogens (primary N) is 1. The normalized spacial score (nSPS) is 12.9. The third kappa shape index (κ3) is 12.1. The molecule has 0 heterocycles. The Bertz CT molecular complexity index is 421. The number of hydrogen-bond acceptors (Lipinski definition) is 5. The first kappa shape index (κ1) is 24.7. The van der Waals surface area contributed by atoms with Crippen LogP contribution < -0.4 is 21.7 Å². The molecule has 0 radical (unpaired) electrons. The van der Waals surface area contributed by atoms with Crippen LogP contribution in [0.25, 0.3) is 0 Å². The zero-order valence-corrected chi connectivity index (χ0v) is 17.1. The smallest absolute Gasteiger partial charge is 0.243 e. The molecule has 0 aliphatic rings. The first-order chi connectivity index (χ1) is 12.5. The van der Waals surface area contributed by atoms with Crippen LogP contribution in [0.4, 0.5) is 0 Å². The Kier molecular flexibility index (Phi) is 15.2. The van der Waals surface area contributed by atoms with Gasteiger partial charge in [0.05, 0.1) is 6.42 Å². The molecule has 0 aliphatic heterocycles. The minimum Gasteiger partial charge on any atom is -0.353 e. The van der Waals surface area contributed by atoms with Gasteiger partial charge in [0.25, 0.3) is 0 Å². The molecule has 1 unspecified atom stereocenters. The molecule has 0 saturated carbocycles. The van der Waals surface area contributed by atoms with E-state index in [1.807, 2.05) is 6.92 Å². The Hall–Kier alpha value is -1.28. The summed E-state index contributed by atoms with van der Waals surface area (Å²) >= 11 is 4.14. The van der Waals surface area contributed by atoms with Gasteiger partial charge in [0.15, 0.2) is 0 Å². The lowest BCUT2D eigenvalue weighted by Crippen LogP contribution is -2.50. The largest absolute Gasteiger partial charge is 0.353 e. The highest BCUT2D eigenvalue weighted by Crippen LogP contribution is 2.04. The fraction of sp³-hybridized carbons (Fsp3) is 0.833. The molecule has 26 heavy (non-hydrogen) atoms. The summed E-state index contributed by atoms with van der Waals surface area (Å²) in [5, 5.41) is 8.27. The third-order valence-corrected chi connectivity index (χ3v) is 4.36. The molecular formula is C18H36N4O3S. The molecular weight excluding hydrogens is 352 g/mol. The third-order valence-electron chi connectivity index (χ3n) is 4.04. The molecule has 2 atom stereocenters. The predicted molar refractivity (Wildman–Crippen MR) is 108 cm³/mol. The maximum absolute atomic E-state index is 12.3. The van der Waals surface area contributed by atoms with Crippen molar-refractivity contribution in [2.24, 2.45) is 5.73 Å². The maximum Gasteiger partial charge on any atom is 0.243 e. The highest BCUT2D eigenvalue weighted by Gasteiger charge is 2.24. The summed E-state index contributed by atoms with van der Waals surface area (Å²) in [5.74, 6) is -0.0284. The fourth-order valence-corrected chi connectivity index (χ4v) is 2.79. The molecule has 0 bridgehead atoms. The summed E-state index contributed by atoms with van der Waals surface area (Å²) in [4.78, 5) is 36.6. The number of carbonyl (C=O) groups is 3. The first-order valence-electron chi connectivity index (χ1n) is 9.65. The maximum atomic E-state index is 12.3. The van der Waals surface area contributed by atoms with E-state index in [1.54, 1.807) is 0 Å². The summed E-state index contributed by atoms with van der Waals surface area (Å²) in [6, 6.07) is -0.782. The predicted octanol–water partition coefficient (Wildman–Crippen LogP) is 1.12. The molecule has 7 nitrogen and oxygen atoms in total. The molecule has 0 aromatic carbocycles. The number of nitrogens with one attached hydrogen (secondary N) is 3. The second-order valence-corrected chi connectivity index (χ2v) is 6.85. The van der Waals surface area contributed by atoms with Gasteiger partial charge in [-0.05, 0) is 31.4 Å². The van der Waals surface area contributed by atoms with E-state index in [9.17, 15) is 14.4 Å². The number of rotatable bonds is 15. The number of thiol groups is 1. The molecule has 152 valence electrons. The van der Waals surface area contributed by atoms with Crippen molar-refractivity contribution in [1.82, 2.24) is 16.0 Å². The van der Waals surface area contributed by atoms with E-state index in [2.05, 4.69) is 35.5 Å². The van der Waals surface area contributed by atoms with Crippen LogP contribution in [0.1, 0.15) is 65.2 Å². The van der Waals surface area contributed by atoms with Gasteiger partial charge in [-0.25, -0.2) is 0 Å². The number of amides is 3. The van der Waals surface area contributed by atoms with E-state index >= 15 is 0 Å². The molecule has 0 rings (SSSR count). The summed E-state index contributed by atoms with van der Waals surface area (Å²) in [6.07, 6.45) is 5.57. The van der Waals surface area contributed by atoms with Crippen LogP contribution >= 0.6 is 12.6 Å². The highest BCUT2D eigenvalue weighted by atomic mass is 32.1. The summed E-state index contributed by atoms with van der Waals surface area (Å²) in [5.41, 5.74) is 5.40. The molecule has 3 amide bonds. The van der Waals surface area contributed by atoms with Crippen molar-refractivity contribution in [2.45, 2.75) is 77.3 Å². The lowest BCUT2D eigenvalue weighted by Gasteiger charge is -2.21. The number of unbranched alkanes of at least 4 members (excludes halogenated alkanes) is 2. The van der Waals surface area contributed by atoms with Gasteiger partial charge in [-0.2, -0.15) is 12.6 Å². The molecule has 0 saturated heterocycles. The van der Waals surface area contributed by atoms with Crippen LogP contribution in [-0.2, 0) is 14.4 Å². The SMILES string of the molecule is CCCC(CC)NC(=O)C[C@H](NC(=O)CCCCCS)C(=O)NCCN. The molecule has 0 spiro atoms. The molecule has 0 aromatic rings. The van der Waals surface area contributed by atoms with Crippen molar-refractivity contribution in [1.29, 1.82) is 0 Å². The van der Waals surface area contributed by atoms with E-state index in [0.29, 0.717) is 19.5 Å². The van der Waals surface area contributed by atoms with Crippen molar-refractivity contribution in [3.63, 3.8) is 0 Å². The van der Waals surface area contributed by atoms with Crippen molar-refractivity contribution >= 4 is 30.4 Å². The molecule has 0 fully saturated rings. The summed E-state index contributed by atoms with van der Waals surface area (Å²) in [7, 11) is 0. The summed E-state index contributed by atoms with van der Waals surface area (Å²) < 4.78 is 0. The van der Waals surface area contributed by atoms with Crippen LogP contribution in [0.15, 0.2) is 0 Å². The quantitative estimate of drug-likeness (QED) is 0.214. The van der Waals surface area contributed by atoms with E-state index < -0.39 is 6.04 Å². The molecule has 8 heteroatoms. The van der Waals surface area contributed by atoms with Gasteiger partial charge in [0.2, 0.25) is 17.7 Å². The van der Waals surface area contributed by atoms with Gasteiger partial charge in [0, 0.05) is 25.6 Å². The van der Waals surface area contributed by atoms with Crippen molar-refractivity contribution in [3.8, 4) is 0 Å². The van der Waals surface area contributed by atoms with E-state index in [1.165, 1.54) is 0 Å².